The van der Waals surface area contributed by atoms with Crippen molar-refractivity contribution >= 4 is 44.4 Å². The van der Waals surface area contributed by atoms with Crippen LogP contribution in [-0.4, -0.2) is 21.7 Å². The molecule has 1 aromatic heterocycles. The summed E-state index contributed by atoms with van der Waals surface area (Å²) in [5, 5.41) is 0.446. The first kappa shape index (κ1) is 20.3. The molecule has 0 saturated carbocycles. The first-order valence-electron chi connectivity index (χ1n) is 8.34. The van der Waals surface area contributed by atoms with Crippen LogP contribution in [0.1, 0.15) is 12.5 Å². The molecule has 0 aliphatic carbocycles. The predicted molar refractivity (Wildman–Crippen MR) is 107 cm³/mol. The lowest BCUT2D eigenvalue weighted by molar-refractivity contribution is -0.143. The summed E-state index contributed by atoms with van der Waals surface area (Å²) in [6, 6.07) is 8.94. The number of rotatable bonds is 5. The van der Waals surface area contributed by atoms with E-state index in [1.807, 2.05) is 0 Å². The van der Waals surface area contributed by atoms with Crippen LogP contribution in [0, 0.1) is 5.82 Å². The van der Waals surface area contributed by atoms with Crippen molar-refractivity contribution in [3.63, 3.8) is 0 Å². The summed E-state index contributed by atoms with van der Waals surface area (Å²) >= 11 is 9.19. The summed E-state index contributed by atoms with van der Waals surface area (Å²) in [6.45, 7) is 1.07. The van der Waals surface area contributed by atoms with Gasteiger partial charge in [0.15, 0.2) is 0 Å². The molecule has 0 N–H and O–H groups in total. The molecule has 0 fully saturated rings. The van der Waals surface area contributed by atoms with Crippen LogP contribution < -0.4 is 11.2 Å². The number of carbonyl (C=O) groups is 1. The number of benzene rings is 2. The second kappa shape index (κ2) is 8.28. The van der Waals surface area contributed by atoms with E-state index in [4.69, 9.17) is 16.3 Å². The fourth-order valence-electron chi connectivity index (χ4n) is 2.84. The van der Waals surface area contributed by atoms with Crippen molar-refractivity contribution < 1.29 is 13.9 Å². The van der Waals surface area contributed by atoms with Gasteiger partial charge in [0.05, 0.1) is 24.1 Å². The highest BCUT2D eigenvalue weighted by Gasteiger charge is 2.17. The molecule has 28 heavy (non-hydrogen) atoms. The van der Waals surface area contributed by atoms with E-state index in [9.17, 15) is 18.8 Å². The van der Waals surface area contributed by atoms with E-state index in [1.54, 1.807) is 13.0 Å². The zero-order valence-electron chi connectivity index (χ0n) is 14.7. The molecule has 0 atom stereocenters. The van der Waals surface area contributed by atoms with Gasteiger partial charge in [-0.2, -0.15) is 0 Å². The molecule has 9 heteroatoms. The van der Waals surface area contributed by atoms with Crippen molar-refractivity contribution in [3.8, 4) is 0 Å². The van der Waals surface area contributed by atoms with Gasteiger partial charge in [0.1, 0.15) is 12.4 Å². The van der Waals surface area contributed by atoms with Crippen LogP contribution in [0.3, 0.4) is 0 Å². The second-order valence-electron chi connectivity index (χ2n) is 5.96. The van der Waals surface area contributed by atoms with Crippen LogP contribution in [0.2, 0.25) is 5.02 Å². The van der Waals surface area contributed by atoms with Gasteiger partial charge in [-0.15, -0.1) is 0 Å². The van der Waals surface area contributed by atoms with Crippen LogP contribution in [0.15, 0.2) is 50.5 Å². The van der Waals surface area contributed by atoms with E-state index in [0.717, 1.165) is 4.57 Å². The Bertz CT molecular complexity index is 1190. The van der Waals surface area contributed by atoms with Gasteiger partial charge < -0.3 is 4.74 Å². The lowest BCUT2D eigenvalue weighted by atomic mass is 10.2. The molecule has 0 saturated heterocycles. The number of aromatic nitrogens is 2. The van der Waals surface area contributed by atoms with E-state index >= 15 is 0 Å². The summed E-state index contributed by atoms with van der Waals surface area (Å²) in [7, 11) is 0. The molecule has 0 aliphatic rings. The summed E-state index contributed by atoms with van der Waals surface area (Å²) < 4.78 is 21.7. The number of nitrogens with zero attached hydrogens (tertiary/aromatic N) is 2. The molecule has 0 bridgehead atoms. The summed E-state index contributed by atoms with van der Waals surface area (Å²) in [6.07, 6.45) is 0. The maximum atomic E-state index is 14.3. The lowest BCUT2D eigenvalue weighted by Crippen LogP contribution is -2.42. The smallest absolute Gasteiger partial charge is 0.332 e. The number of carbonyl (C=O) groups excluding carboxylic acids is 1. The van der Waals surface area contributed by atoms with E-state index in [-0.39, 0.29) is 24.1 Å². The summed E-state index contributed by atoms with van der Waals surface area (Å²) in [4.78, 5) is 37.6. The SMILES string of the molecule is CCOC(=O)Cn1c(=O)c2cc(Cl)ccc2n(Cc2ccc(Br)cc2F)c1=O. The Balaban J connectivity index is 2.24. The maximum Gasteiger partial charge on any atom is 0.332 e. The van der Waals surface area contributed by atoms with Crippen LogP contribution in [0.5, 0.6) is 0 Å². The van der Waals surface area contributed by atoms with Gasteiger partial charge in [0.25, 0.3) is 5.56 Å². The molecule has 0 radical (unpaired) electrons. The first-order valence-corrected chi connectivity index (χ1v) is 9.51. The molecular formula is C19H15BrClFN2O4. The molecule has 0 unspecified atom stereocenters. The topological polar surface area (TPSA) is 70.3 Å². The van der Waals surface area contributed by atoms with Gasteiger partial charge in [0.2, 0.25) is 0 Å². The fraction of sp³-hybridized carbons (Fsp3) is 0.211. The predicted octanol–water partition coefficient (Wildman–Crippen LogP) is 3.33. The summed E-state index contributed by atoms with van der Waals surface area (Å²) in [5.41, 5.74) is -0.858. The monoisotopic (exact) mass is 468 g/mol. The molecule has 6 nitrogen and oxygen atoms in total. The fourth-order valence-corrected chi connectivity index (χ4v) is 3.35. The highest BCUT2D eigenvalue weighted by Crippen LogP contribution is 2.19. The van der Waals surface area contributed by atoms with Crippen molar-refractivity contribution in [2.75, 3.05) is 6.61 Å². The third-order valence-electron chi connectivity index (χ3n) is 4.12. The minimum atomic E-state index is -0.741. The number of fused-ring (bicyclic) bond motifs is 1. The molecular weight excluding hydrogens is 455 g/mol. The molecule has 146 valence electrons. The zero-order chi connectivity index (χ0) is 20.4. The van der Waals surface area contributed by atoms with Crippen LogP contribution in [0.25, 0.3) is 10.9 Å². The van der Waals surface area contributed by atoms with Crippen molar-refractivity contribution in [1.29, 1.82) is 0 Å². The Morgan fingerprint density at radius 2 is 1.93 bits per heavy atom. The molecule has 3 rings (SSSR count). The van der Waals surface area contributed by atoms with Gasteiger partial charge in [-0.3, -0.25) is 14.2 Å². The first-order chi connectivity index (χ1) is 13.3. The minimum Gasteiger partial charge on any atom is -0.465 e. The number of esters is 1. The van der Waals surface area contributed by atoms with Gasteiger partial charge >= 0.3 is 11.7 Å². The van der Waals surface area contributed by atoms with Crippen LogP contribution in [-0.2, 0) is 22.6 Å². The Labute approximate surface area is 172 Å². The normalized spacial score (nSPS) is 11.0. The largest absolute Gasteiger partial charge is 0.465 e. The summed E-state index contributed by atoms with van der Waals surface area (Å²) in [5.74, 6) is -1.23. The number of hydrogen-bond acceptors (Lipinski definition) is 4. The van der Waals surface area contributed by atoms with Gasteiger partial charge in [-0.25, -0.2) is 13.8 Å². The van der Waals surface area contributed by atoms with Gasteiger partial charge in [0, 0.05) is 15.1 Å². The average Bonchev–Trinajstić information content (AvgIpc) is 2.64. The number of halogens is 3. The molecule has 0 amide bonds. The highest BCUT2D eigenvalue weighted by atomic mass is 79.9. The average molecular weight is 470 g/mol. The van der Waals surface area contributed by atoms with Crippen LogP contribution >= 0.6 is 27.5 Å². The maximum absolute atomic E-state index is 14.3. The lowest BCUT2D eigenvalue weighted by Gasteiger charge is -2.14. The van der Waals surface area contributed by atoms with E-state index < -0.39 is 29.6 Å². The standard InChI is InChI=1S/C19H15BrClFN2O4/c1-2-28-17(25)10-24-18(26)14-8-13(21)5-6-16(14)23(19(24)27)9-11-3-4-12(20)7-15(11)22/h3-8H,2,9-10H2,1H3. The Morgan fingerprint density at radius 3 is 2.61 bits per heavy atom. The van der Waals surface area contributed by atoms with Crippen molar-refractivity contribution in [2.24, 2.45) is 0 Å². The Morgan fingerprint density at radius 1 is 1.18 bits per heavy atom. The van der Waals surface area contributed by atoms with E-state index in [1.165, 1.54) is 34.9 Å². The van der Waals surface area contributed by atoms with Crippen LogP contribution in [0.4, 0.5) is 4.39 Å². The van der Waals surface area contributed by atoms with Gasteiger partial charge in [-0.05, 0) is 37.3 Å². The Hall–Kier alpha value is -2.45. The molecule has 0 spiro atoms. The van der Waals surface area contributed by atoms with Gasteiger partial charge in [-0.1, -0.05) is 33.6 Å². The number of hydrogen-bond donors (Lipinski definition) is 0. The van der Waals surface area contributed by atoms with Crippen molar-refractivity contribution in [1.82, 2.24) is 9.13 Å². The Kier molecular flexibility index (Phi) is 6.00. The molecule has 1 heterocycles. The number of ether oxygens (including phenoxy) is 1. The third kappa shape index (κ3) is 4.02. The van der Waals surface area contributed by atoms with Crippen molar-refractivity contribution in [2.45, 2.75) is 20.0 Å². The van der Waals surface area contributed by atoms with E-state index in [2.05, 4.69) is 15.9 Å². The molecule has 3 aromatic rings. The molecule has 0 aliphatic heterocycles. The third-order valence-corrected chi connectivity index (χ3v) is 4.85. The second-order valence-corrected chi connectivity index (χ2v) is 7.31. The zero-order valence-corrected chi connectivity index (χ0v) is 17.1. The minimum absolute atomic E-state index is 0.116. The highest BCUT2D eigenvalue weighted by molar-refractivity contribution is 9.10. The quantitative estimate of drug-likeness (QED) is 0.538. The van der Waals surface area contributed by atoms with E-state index in [0.29, 0.717) is 15.0 Å². The van der Waals surface area contributed by atoms with Crippen molar-refractivity contribution in [3.05, 3.63) is 78.1 Å². The molecule has 2 aromatic carbocycles.